The summed E-state index contributed by atoms with van der Waals surface area (Å²) in [4.78, 5) is 23.1. The van der Waals surface area contributed by atoms with E-state index in [0.29, 0.717) is 12.0 Å². The van der Waals surface area contributed by atoms with Crippen LogP contribution in [0.3, 0.4) is 0 Å². The van der Waals surface area contributed by atoms with Gasteiger partial charge in [0.2, 0.25) is 0 Å². The molecule has 0 bridgehead atoms. The number of benzene rings is 1. The van der Waals surface area contributed by atoms with Crippen LogP contribution in [0.15, 0.2) is 24.3 Å². The van der Waals surface area contributed by atoms with Crippen molar-refractivity contribution in [2.24, 2.45) is 0 Å². The summed E-state index contributed by atoms with van der Waals surface area (Å²) in [5.74, 6) is -39.4. The lowest BCUT2D eigenvalue weighted by Gasteiger charge is -2.40. The number of alkyl halides is 13. The van der Waals surface area contributed by atoms with Gasteiger partial charge in [0.25, 0.3) is 0 Å². The van der Waals surface area contributed by atoms with E-state index in [4.69, 9.17) is 14.6 Å². The van der Waals surface area contributed by atoms with E-state index in [-0.39, 0.29) is 25.2 Å². The summed E-state index contributed by atoms with van der Waals surface area (Å²) in [7, 11) is 0. The first-order chi connectivity index (χ1) is 20.4. The number of nitrogens with zero attached hydrogens (tertiary/aromatic N) is 1. The Labute approximate surface area is 247 Å². The van der Waals surface area contributed by atoms with Gasteiger partial charge in [-0.1, -0.05) is 25.5 Å². The van der Waals surface area contributed by atoms with Crippen molar-refractivity contribution in [1.29, 1.82) is 0 Å². The molecule has 1 aromatic rings. The highest BCUT2D eigenvalue weighted by molar-refractivity contribution is 5.72. The van der Waals surface area contributed by atoms with Crippen molar-refractivity contribution in [1.82, 2.24) is 4.90 Å². The summed E-state index contributed by atoms with van der Waals surface area (Å²) < 4.78 is 190. The van der Waals surface area contributed by atoms with Gasteiger partial charge in [-0.05, 0) is 31.0 Å². The average Bonchev–Trinajstić information content (AvgIpc) is 2.92. The number of carboxylic acid groups (broad SMARTS) is 1. The fourth-order valence-electron chi connectivity index (χ4n) is 3.40. The molecule has 1 N–H and O–H groups in total. The summed E-state index contributed by atoms with van der Waals surface area (Å²) >= 11 is 0. The van der Waals surface area contributed by atoms with Crippen LogP contribution in [-0.4, -0.2) is 96.9 Å². The highest BCUT2D eigenvalue weighted by Crippen LogP contribution is 2.60. The summed E-state index contributed by atoms with van der Waals surface area (Å²) in [6.07, 6.45) is -10.3. The average molecular weight is 685 g/mol. The minimum absolute atomic E-state index is 0.0812. The SMILES string of the molecule is CCCCOC(=O)N(CCOc1ccc(CC(OCC)C(=O)O)cc1)CC(F)(F)C(F)(F)C(F)(F)C(F)(F)C(F)(F)C(F)(F)F. The van der Waals surface area contributed by atoms with E-state index >= 15 is 0 Å². The van der Waals surface area contributed by atoms with Gasteiger partial charge < -0.3 is 19.3 Å². The third-order valence-corrected chi connectivity index (χ3v) is 5.99. The normalized spacial score (nSPS) is 14.2. The molecule has 0 aliphatic carbocycles. The van der Waals surface area contributed by atoms with Gasteiger partial charge in [-0.25, -0.2) is 9.59 Å². The Bertz CT molecular complexity index is 1110. The van der Waals surface area contributed by atoms with Gasteiger partial charge in [-0.2, -0.15) is 57.1 Å². The monoisotopic (exact) mass is 685 g/mol. The van der Waals surface area contributed by atoms with Crippen molar-refractivity contribution < 1.29 is 86.0 Å². The highest BCUT2D eigenvalue weighted by atomic mass is 19.4. The Kier molecular flexibility index (Phi) is 13.2. The number of carbonyl (C=O) groups excluding carboxylic acids is 1. The van der Waals surface area contributed by atoms with Crippen molar-refractivity contribution in [3.8, 4) is 5.75 Å². The fourth-order valence-corrected chi connectivity index (χ4v) is 3.40. The maximum absolute atomic E-state index is 14.5. The smallest absolute Gasteiger partial charge is 0.460 e. The zero-order valence-corrected chi connectivity index (χ0v) is 23.4. The molecule has 1 amide bonds. The van der Waals surface area contributed by atoms with Gasteiger partial charge in [0.15, 0.2) is 6.10 Å². The lowest BCUT2D eigenvalue weighted by Crippen LogP contribution is -2.71. The van der Waals surface area contributed by atoms with Crippen LogP contribution >= 0.6 is 0 Å². The molecule has 45 heavy (non-hydrogen) atoms. The first kappa shape index (κ1) is 39.8. The molecular weight excluding hydrogens is 657 g/mol. The molecule has 7 nitrogen and oxygen atoms in total. The topological polar surface area (TPSA) is 85.3 Å². The van der Waals surface area contributed by atoms with E-state index in [1.54, 1.807) is 13.8 Å². The molecule has 0 heterocycles. The minimum Gasteiger partial charge on any atom is -0.492 e. The molecule has 0 radical (unpaired) electrons. The third-order valence-electron chi connectivity index (χ3n) is 5.99. The van der Waals surface area contributed by atoms with E-state index in [1.807, 2.05) is 0 Å². The fraction of sp³-hybridized carbons (Fsp3) is 0.680. The largest absolute Gasteiger partial charge is 0.492 e. The van der Waals surface area contributed by atoms with Crippen LogP contribution in [-0.2, 0) is 20.7 Å². The summed E-state index contributed by atoms with van der Waals surface area (Å²) in [5.41, 5.74) is 0.417. The van der Waals surface area contributed by atoms with Gasteiger partial charge in [-0.3, -0.25) is 4.90 Å². The zero-order valence-electron chi connectivity index (χ0n) is 23.4. The lowest BCUT2D eigenvalue weighted by atomic mass is 9.93. The third kappa shape index (κ3) is 8.96. The Morgan fingerprint density at radius 3 is 1.80 bits per heavy atom. The van der Waals surface area contributed by atoms with Crippen LogP contribution < -0.4 is 4.74 Å². The Balaban J connectivity index is 3.19. The molecule has 1 unspecified atom stereocenters. The molecule has 1 atom stereocenters. The first-order valence-electron chi connectivity index (χ1n) is 12.8. The molecule has 0 spiro atoms. The predicted octanol–water partition coefficient (Wildman–Crippen LogP) is 7.08. The Hall–Kier alpha value is -3.19. The second kappa shape index (κ2) is 14.9. The number of carbonyl (C=O) groups is 2. The van der Waals surface area contributed by atoms with E-state index in [9.17, 15) is 66.7 Å². The van der Waals surface area contributed by atoms with Crippen LogP contribution in [0.2, 0.25) is 0 Å². The van der Waals surface area contributed by atoms with Crippen LogP contribution in [0.5, 0.6) is 5.75 Å². The number of unbranched alkanes of at least 4 members (excludes halogenated alkanes) is 1. The van der Waals surface area contributed by atoms with Gasteiger partial charge in [0.05, 0.1) is 19.7 Å². The number of ether oxygens (including phenoxy) is 3. The zero-order chi connectivity index (χ0) is 35.1. The number of halogens is 13. The van der Waals surface area contributed by atoms with Crippen molar-refractivity contribution >= 4 is 12.1 Å². The maximum atomic E-state index is 14.5. The molecule has 0 aliphatic rings. The van der Waals surface area contributed by atoms with Crippen molar-refractivity contribution in [2.45, 2.75) is 75.0 Å². The van der Waals surface area contributed by atoms with Gasteiger partial charge in [0.1, 0.15) is 12.4 Å². The molecule has 0 saturated heterocycles. The van der Waals surface area contributed by atoms with Crippen LogP contribution in [0.4, 0.5) is 61.9 Å². The van der Waals surface area contributed by atoms with Crippen molar-refractivity contribution in [3.63, 3.8) is 0 Å². The number of amides is 1. The molecule has 260 valence electrons. The summed E-state index contributed by atoms with van der Waals surface area (Å²) in [6, 6.07) is 5.12. The number of rotatable bonds is 18. The van der Waals surface area contributed by atoms with E-state index in [2.05, 4.69) is 4.74 Å². The van der Waals surface area contributed by atoms with E-state index in [0.717, 1.165) is 0 Å². The molecular formula is C25H28F13NO6. The summed E-state index contributed by atoms with van der Waals surface area (Å²) in [5, 5.41) is 9.13. The quantitative estimate of drug-likeness (QED) is 0.132. The predicted molar refractivity (Wildman–Crippen MR) is 127 cm³/mol. The number of aliphatic carboxylic acids is 1. The van der Waals surface area contributed by atoms with Crippen molar-refractivity contribution in [2.75, 3.05) is 32.9 Å². The highest BCUT2D eigenvalue weighted by Gasteiger charge is 2.90. The van der Waals surface area contributed by atoms with Crippen molar-refractivity contribution in [3.05, 3.63) is 29.8 Å². The van der Waals surface area contributed by atoms with Crippen LogP contribution in [0, 0.1) is 0 Å². The van der Waals surface area contributed by atoms with E-state index in [1.165, 1.54) is 24.3 Å². The Morgan fingerprint density at radius 2 is 1.33 bits per heavy atom. The maximum Gasteiger partial charge on any atom is 0.460 e. The second-order valence-electron chi connectivity index (χ2n) is 9.37. The van der Waals surface area contributed by atoms with Crippen LogP contribution in [0.25, 0.3) is 0 Å². The molecule has 0 aromatic heterocycles. The molecule has 0 fully saturated rings. The standard InChI is InChI=1S/C25H28F13NO6/c1-3-5-11-45-19(42)39(10-12-44-16-8-6-15(7-9-16)13-17(18(40)41)43-4-2)14-20(26,27)21(28,29)22(30,31)23(32,33)24(34,35)25(36,37)38/h6-9,17H,3-5,10-14H2,1-2H3,(H,40,41). The minimum atomic E-state index is -8.07. The number of hydrogen-bond donors (Lipinski definition) is 1. The Morgan fingerprint density at radius 1 is 0.800 bits per heavy atom. The molecule has 0 aliphatic heterocycles. The number of carboxylic acids is 1. The molecule has 1 aromatic carbocycles. The summed E-state index contributed by atoms with van der Waals surface area (Å²) in [6.45, 7) is -2.28. The molecule has 20 heteroatoms. The van der Waals surface area contributed by atoms with Crippen LogP contribution in [0.1, 0.15) is 32.3 Å². The van der Waals surface area contributed by atoms with E-state index < -0.39 is 85.2 Å². The second-order valence-corrected chi connectivity index (χ2v) is 9.37. The van der Waals surface area contributed by atoms with Gasteiger partial charge in [-0.15, -0.1) is 0 Å². The number of hydrogen-bond acceptors (Lipinski definition) is 5. The molecule has 1 rings (SSSR count). The van der Waals surface area contributed by atoms with Gasteiger partial charge in [0, 0.05) is 13.0 Å². The molecule has 0 saturated carbocycles. The van der Waals surface area contributed by atoms with Gasteiger partial charge >= 0.3 is 47.9 Å². The first-order valence-corrected chi connectivity index (χ1v) is 12.8. The lowest BCUT2D eigenvalue weighted by molar-refractivity contribution is -0.440.